The van der Waals surface area contributed by atoms with Crippen molar-refractivity contribution in [2.45, 2.75) is 26.7 Å². The fourth-order valence-corrected chi connectivity index (χ4v) is 1.78. The summed E-state index contributed by atoms with van der Waals surface area (Å²) < 4.78 is 6.27. The first-order valence-electron chi connectivity index (χ1n) is 4.11. The van der Waals surface area contributed by atoms with Crippen molar-refractivity contribution in [2.24, 2.45) is 5.73 Å². The highest BCUT2D eigenvalue weighted by atomic mass is 79.9. The van der Waals surface area contributed by atoms with Gasteiger partial charge in [0.25, 0.3) is 0 Å². The highest BCUT2D eigenvalue weighted by molar-refractivity contribution is 9.10. The van der Waals surface area contributed by atoms with Crippen LogP contribution in [0, 0.1) is 13.8 Å². The molecule has 1 rings (SSSR count). The molecule has 0 aliphatic rings. The van der Waals surface area contributed by atoms with Gasteiger partial charge in [-0.1, -0.05) is 0 Å². The van der Waals surface area contributed by atoms with Gasteiger partial charge in [0.05, 0.1) is 0 Å². The molecule has 1 heterocycles. The smallest absolute Gasteiger partial charge is 0.172 e. The van der Waals surface area contributed by atoms with E-state index in [4.69, 9.17) is 10.2 Å². The molecule has 0 aliphatic carbocycles. The van der Waals surface area contributed by atoms with E-state index < -0.39 is 0 Å². The summed E-state index contributed by atoms with van der Waals surface area (Å²) in [6.45, 7) is 4.79. The first kappa shape index (κ1) is 9.81. The van der Waals surface area contributed by atoms with Crippen molar-refractivity contribution >= 4 is 15.9 Å². The van der Waals surface area contributed by atoms with Gasteiger partial charge in [0.15, 0.2) is 4.67 Å². The average molecular weight is 232 g/mol. The van der Waals surface area contributed by atoms with Gasteiger partial charge in [-0.3, -0.25) is 0 Å². The summed E-state index contributed by atoms with van der Waals surface area (Å²) in [5, 5.41) is 0. The lowest BCUT2D eigenvalue weighted by Gasteiger charge is -1.97. The largest absolute Gasteiger partial charge is 0.454 e. The Morgan fingerprint density at radius 3 is 2.50 bits per heavy atom. The number of aryl methyl sites for hydroxylation is 1. The van der Waals surface area contributed by atoms with Crippen LogP contribution in [0.15, 0.2) is 9.09 Å². The van der Waals surface area contributed by atoms with Gasteiger partial charge in [-0.15, -0.1) is 0 Å². The molecule has 0 amide bonds. The molecule has 1 aromatic heterocycles. The summed E-state index contributed by atoms with van der Waals surface area (Å²) in [5.74, 6) is 1.01. The molecular weight excluding hydrogens is 218 g/mol. The summed E-state index contributed by atoms with van der Waals surface area (Å²) in [6.07, 6.45) is 2.04. The van der Waals surface area contributed by atoms with Crippen LogP contribution in [0.2, 0.25) is 0 Å². The summed E-state index contributed by atoms with van der Waals surface area (Å²) in [4.78, 5) is 0. The van der Waals surface area contributed by atoms with Crippen LogP contribution in [0.5, 0.6) is 0 Å². The Labute approximate surface area is 81.3 Å². The zero-order valence-electron chi connectivity index (χ0n) is 7.48. The number of halogens is 1. The van der Waals surface area contributed by atoms with E-state index >= 15 is 0 Å². The Balaban J connectivity index is 2.82. The van der Waals surface area contributed by atoms with Crippen LogP contribution in [0.4, 0.5) is 0 Å². The Hall–Kier alpha value is -0.280. The molecule has 2 N–H and O–H groups in total. The standard InChI is InChI=1S/C9H14BrNO/c1-6-8(4-3-5-11)7(2)12-9(6)10/h3-5,11H2,1-2H3. The maximum Gasteiger partial charge on any atom is 0.172 e. The monoisotopic (exact) mass is 231 g/mol. The molecule has 0 fully saturated rings. The first-order chi connectivity index (χ1) is 5.66. The Bertz CT molecular complexity index is 268. The number of hydrogen-bond acceptors (Lipinski definition) is 2. The van der Waals surface area contributed by atoms with Crippen LogP contribution in [-0.4, -0.2) is 6.54 Å². The van der Waals surface area contributed by atoms with Crippen molar-refractivity contribution < 1.29 is 4.42 Å². The molecule has 0 aromatic carbocycles. The second-order valence-corrected chi connectivity index (χ2v) is 3.65. The van der Waals surface area contributed by atoms with E-state index in [2.05, 4.69) is 22.9 Å². The van der Waals surface area contributed by atoms with Crippen molar-refractivity contribution in [3.05, 3.63) is 21.6 Å². The molecule has 0 atom stereocenters. The van der Waals surface area contributed by atoms with Gasteiger partial charge < -0.3 is 10.2 Å². The van der Waals surface area contributed by atoms with Gasteiger partial charge in [0.2, 0.25) is 0 Å². The van der Waals surface area contributed by atoms with Crippen molar-refractivity contribution in [1.82, 2.24) is 0 Å². The topological polar surface area (TPSA) is 39.2 Å². The molecule has 0 unspecified atom stereocenters. The van der Waals surface area contributed by atoms with E-state index in [-0.39, 0.29) is 0 Å². The van der Waals surface area contributed by atoms with E-state index in [0.717, 1.165) is 29.8 Å². The molecule has 0 bridgehead atoms. The zero-order chi connectivity index (χ0) is 9.14. The quantitative estimate of drug-likeness (QED) is 0.869. The van der Waals surface area contributed by atoms with Gasteiger partial charge in [0, 0.05) is 5.56 Å². The lowest BCUT2D eigenvalue weighted by atomic mass is 10.1. The van der Waals surface area contributed by atoms with E-state index in [9.17, 15) is 0 Å². The predicted octanol–water partition coefficient (Wildman–Crippen LogP) is 2.55. The van der Waals surface area contributed by atoms with Crippen molar-refractivity contribution in [3.8, 4) is 0 Å². The van der Waals surface area contributed by atoms with Crippen LogP contribution in [0.25, 0.3) is 0 Å². The Morgan fingerprint density at radius 1 is 1.42 bits per heavy atom. The minimum atomic E-state index is 0.738. The third-order valence-electron chi connectivity index (χ3n) is 2.05. The van der Waals surface area contributed by atoms with Crippen LogP contribution >= 0.6 is 15.9 Å². The molecule has 1 aromatic rings. The number of rotatable bonds is 3. The van der Waals surface area contributed by atoms with E-state index in [1.54, 1.807) is 0 Å². The van der Waals surface area contributed by atoms with E-state index in [0.29, 0.717) is 0 Å². The van der Waals surface area contributed by atoms with Crippen LogP contribution in [0.1, 0.15) is 23.3 Å². The molecule has 0 aliphatic heterocycles. The first-order valence-corrected chi connectivity index (χ1v) is 4.90. The van der Waals surface area contributed by atoms with Crippen molar-refractivity contribution in [1.29, 1.82) is 0 Å². The minimum absolute atomic E-state index is 0.738. The second-order valence-electron chi connectivity index (χ2n) is 2.93. The van der Waals surface area contributed by atoms with Crippen LogP contribution < -0.4 is 5.73 Å². The van der Waals surface area contributed by atoms with Crippen molar-refractivity contribution in [2.75, 3.05) is 6.54 Å². The van der Waals surface area contributed by atoms with Gasteiger partial charge in [-0.25, -0.2) is 0 Å². The fourth-order valence-electron chi connectivity index (χ4n) is 1.30. The normalized spacial score (nSPS) is 10.7. The second kappa shape index (κ2) is 4.10. The number of furan rings is 1. The summed E-state index contributed by atoms with van der Waals surface area (Å²) in [7, 11) is 0. The molecule has 0 radical (unpaired) electrons. The highest BCUT2D eigenvalue weighted by Gasteiger charge is 2.10. The number of nitrogens with two attached hydrogens (primary N) is 1. The fraction of sp³-hybridized carbons (Fsp3) is 0.556. The summed E-state index contributed by atoms with van der Waals surface area (Å²) in [5.41, 5.74) is 7.95. The third-order valence-corrected chi connectivity index (χ3v) is 2.80. The molecule has 0 spiro atoms. The molecule has 2 nitrogen and oxygen atoms in total. The summed E-state index contributed by atoms with van der Waals surface area (Å²) in [6, 6.07) is 0. The molecule has 0 saturated heterocycles. The lowest BCUT2D eigenvalue weighted by Crippen LogP contribution is -2.01. The maximum atomic E-state index is 5.44. The van der Waals surface area contributed by atoms with Gasteiger partial charge in [-0.2, -0.15) is 0 Å². The lowest BCUT2D eigenvalue weighted by molar-refractivity contribution is 0.504. The van der Waals surface area contributed by atoms with Gasteiger partial charge in [-0.05, 0) is 54.7 Å². The molecule has 68 valence electrons. The molecule has 0 saturated carbocycles. The van der Waals surface area contributed by atoms with Crippen LogP contribution in [-0.2, 0) is 6.42 Å². The van der Waals surface area contributed by atoms with E-state index in [1.807, 2.05) is 6.92 Å². The Kier molecular flexibility index (Phi) is 3.35. The van der Waals surface area contributed by atoms with Crippen molar-refractivity contribution in [3.63, 3.8) is 0 Å². The highest BCUT2D eigenvalue weighted by Crippen LogP contribution is 2.26. The summed E-state index contributed by atoms with van der Waals surface area (Å²) >= 11 is 3.36. The maximum absolute atomic E-state index is 5.44. The average Bonchev–Trinajstić information content (AvgIpc) is 2.25. The van der Waals surface area contributed by atoms with E-state index in [1.165, 1.54) is 11.1 Å². The van der Waals surface area contributed by atoms with Crippen LogP contribution in [0.3, 0.4) is 0 Å². The molecule has 12 heavy (non-hydrogen) atoms. The SMILES string of the molecule is Cc1oc(Br)c(C)c1CCCN. The predicted molar refractivity (Wildman–Crippen MR) is 53.3 cm³/mol. The third kappa shape index (κ3) is 1.90. The number of hydrogen-bond donors (Lipinski definition) is 1. The molecule has 3 heteroatoms. The Morgan fingerprint density at radius 2 is 2.08 bits per heavy atom. The zero-order valence-corrected chi connectivity index (χ0v) is 9.07. The molecular formula is C9H14BrNO. The van der Waals surface area contributed by atoms with Gasteiger partial charge >= 0.3 is 0 Å². The van der Waals surface area contributed by atoms with Gasteiger partial charge in [0.1, 0.15) is 5.76 Å². The minimum Gasteiger partial charge on any atom is -0.454 e.